The molecule has 3 aromatic rings. The summed E-state index contributed by atoms with van der Waals surface area (Å²) in [6, 6.07) is 7.13. The minimum Gasteiger partial charge on any atom is -1.00 e. The van der Waals surface area contributed by atoms with Crippen molar-refractivity contribution < 1.29 is 102 Å². The normalized spacial score (nSPS) is 31.2. The summed E-state index contributed by atoms with van der Waals surface area (Å²) in [7, 11) is 0. The van der Waals surface area contributed by atoms with Gasteiger partial charge in [-0.15, -0.1) is 0 Å². The van der Waals surface area contributed by atoms with Gasteiger partial charge < -0.3 is 37.2 Å². The predicted octanol–water partition coefficient (Wildman–Crippen LogP) is 4.55. The Morgan fingerprint density at radius 2 is 0.490 bits per heavy atom. The van der Waals surface area contributed by atoms with Crippen molar-refractivity contribution in [3.63, 3.8) is 0 Å². The predicted molar refractivity (Wildman–Crippen MR) is 200 cm³/mol. The van der Waals surface area contributed by atoms with E-state index in [1.807, 2.05) is 0 Å². The summed E-state index contributed by atoms with van der Waals surface area (Å²) in [6.45, 7) is 42.5. The average molecular weight is 860 g/mol. The van der Waals surface area contributed by atoms with Crippen molar-refractivity contribution in [2.75, 3.05) is 0 Å². The average Bonchev–Trinajstić information content (AvgIpc) is 3.58. The SMILES string of the molecule is Cc1c[c-](C)c2c1C(C)C(C)C(C)C2C.Cc1c[c-](C)c2c1C(C)C(C)C(C)C2C.Cc1c[c-](C)c2c1C(C)C(C)C(C)C2C.[Cl-].[Cl-].[Cl-].[Ti+2].[Ti+2].[Ti+2]. The molecule has 12 atom stereocenters. The summed E-state index contributed by atoms with van der Waals surface area (Å²) >= 11 is 0. The number of hydrogen-bond acceptors (Lipinski definition) is 0. The Bertz CT molecular complexity index is 1210. The van der Waals surface area contributed by atoms with Crippen LogP contribution in [-0.4, -0.2) is 0 Å². The molecule has 51 heavy (non-hydrogen) atoms. The number of halogens is 3. The number of fused-ring (bicyclic) bond motifs is 3. The van der Waals surface area contributed by atoms with E-state index in [1.54, 1.807) is 33.4 Å². The van der Waals surface area contributed by atoms with Gasteiger partial charge in [-0.05, 0) is 53.3 Å². The van der Waals surface area contributed by atoms with E-state index in [0.29, 0.717) is 0 Å². The smallest absolute Gasteiger partial charge is 1.00 e. The zero-order valence-corrected chi connectivity index (χ0v) is 42.2. The van der Waals surface area contributed by atoms with Crippen molar-refractivity contribution >= 4 is 0 Å². The van der Waals surface area contributed by atoms with Crippen LogP contribution in [0.5, 0.6) is 0 Å². The van der Waals surface area contributed by atoms with Gasteiger partial charge in [0.05, 0.1) is 0 Å². The van der Waals surface area contributed by atoms with E-state index in [4.69, 9.17) is 0 Å². The van der Waals surface area contributed by atoms with E-state index < -0.39 is 0 Å². The molecule has 0 nitrogen and oxygen atoms in total. The van der Waals surface area contributed by atoms with E-state index in [2.05, 4.69) is 143 Å². The van der Waals surface area contributed by atoms with Gasteiger partial charge in [0.1, 0.15) is 0 Å². The van der Waals surface area contributed by atoms with Crippen molar-refractivity contribution in [3.8, 4) is 0 Å². The standard InChI is InChI=1S/3C15H23.3ClH.3Ti/c3*1-8-7-9(2)15-13(6)11(4)10(3)12(5)14(8)15;;;;;;/h3*7,10-13H,1-6H3;3*1H;;;/q3*-1;;;;3*+2/p-3. The zero-order valence-electron chi connectivity index (χ0n) is 35.3. The molecule has 0 bridgehead atoms. The van der Waals surface area contributed by atoms with Crippen LogP contribution in [0.1, 0.15) is 185 Å². The van der Waals surface area contributed by atoms with Gasteiger partial charge in [0.2, 0.25) is 0 Å². The fourth-order valence-corrected chi connectivity index (χ4v) is 10.7. The molecule has 282 valence electrons. The molecule has 0 saturated carbocycles. The zero-order chi connectivity index (χ0) is 34.0. The molecular formula is C45H69Cl3Ti3. The van der Waals surface area contributed by atoms with Crippen LogP contribution in [0.15, 0.2) is 18.2 Å². The van der Waals surface area contributed by atoms with Crippen LogP contribution in [0.3, 0.4) is 0 Å². The van der Waals surface area contributed by atoms with E-state index in [0.717, 1.165) is 71.0 Å². The van der Waals surface area contributed by atoms with E-state index in [9.17, 15) is 0 Å². The minimum absolute atomic E-state index is 0. The molecular weight excluding hydrogens is 790 g/mol. The molecule has 3 aliphatic carbocycles. The Balaban J connectivity index is -0.000000640. The first-order valence-electron chi connectivity index (χ1n) is 18.6. The Kier molecular flexibility index (Phi) is 24.5. The third-order valence-electron chi connectivity index (χ3n) is 14.7. The van der Waals surface area contributed by atoms with Crippen LogP contribution >= 0.6 is 0 Å². The second-order valence-corrected chi connectivity index (χ2v) is 16.9. The van der Waals surface area contributed by atoms with Gasteiger partial charge in [0, 0.05) is 0 Å². The molecule has 0 fully saturated rings. The maximum absolute atomic E-state index is 2.41. The summed E-state index contributed by atoms with van der Waals surface area (Å²) in [4.78, 5) is 0. The van der Waals surface area contributed by atoms with Crippen LogP contribution in [0, 0.1) is 77.0 Å². The molecule has 0 radical (unpaired) electrons. The molecule has 6 rings (SSSR count). The first-order chi connectivity index (χ1) is 20.8. The summed E-state index contributed by atoms with van der Waals surface area (Å²) in [5.41, 5.74) is 19.0. The van der Waals surface area contributed by atoms with Gasteiger partial charge in [0.25, 0.3) is 0 Å². The van der Waals surface area contributed by atoms with E-state index in [-0.39, 0.29) is 102 Å². The van der Waals surface area contributed by atoms with Gasteiger partial charge in [-0.3, -0.25) is 0 Å². The summed E-state index contributed by atoms with van der Waals surface area (Å²) in [5.74, 6) is 9.29. The molecule has 0 saturated heterocycles. The molecule has 0 spiro atoms. The van der Waals surface area contributed by atoms with Gasteiger partial charge in [-0.25, -0.2) is 0 Å². The molecule has 0 amide bonds. The second kappa shape index (κ2) is 22.1. The monoisotopic (exact) mass is 858 g/mol. The molecule has 3 aliphatic rings. The van der Waals surface area contributed by atoms with E-state index >= 15 is 0 Å². The number of rotatable bonds is 0. The fraction of sp³-hybridized carbons (Fsp3) is 0.667. The maximum Gasteiger partial charge on any atom is 2.00 e. The van der Waals surface area contributed by atoms with Crippen LogP contribution < -0.4 is 37.2 Å². The number of hydrogen-bond donors (Lipinski definition) is 0. The Hall–Kier alpha value is 1.06. The van der Waals surface area contributed by atoms with Crippen molar-refractivity contribution in [2.24, 2.45) is 35.5 Å². The van der Waals surface area contributed by atoms with E-state index in [1.165, 1.54) is 33.4 Å². The summed E-state index contributed by atoms with van der Waals surface area (Å²) in [5, 5.41) is 0. The van der Waals surface area contributed by atoms with Crippen LogP contribution in [0.25, 0.3) is 0 Å². The van der Waals surface area contributed by atoms with Gasteiger partial charge in [-0.1, -0.05) is 142 Å². The number of aryl methyl sites for hydroxylation is 6. The summed E-state index contributed by atoms with van der Waals surface area (Å²) < 4.78 is 0. The van der Waals surface area contributed by atoms with Crippen molar-refractivity contribution in [1.29, 1.82) is 0 Å². The van der Waals surface area contributed by atoms with Gasteiger partial charge in [0.15, 0.2) is 0 Å². The largest absolute Gasteiger partial charge is 2.00 e. The first-order valence-corrected chi connectivity index (χ1v) is 18.6. The Morgan fingerprint density at radius 3 is 0.667 bits per heavy atom. The third-order valence-corrected chi connectivity index (χ3v) is 14.7. The third kappa shape index (κ3) is 10.3. The Labute approximate surface area is 379 Å². The molecule has 12 unspecified atom stereocenters. The maximum atomic E-state index is 2.41. The second-order valence-electron chi connectivity index (χ2n) is 16.9. The fourth-order valence-electron chi connectivity index (χ4n) is 10.7. The quantitative estimate of drug-likeness (QED) is 0.230. The molecule has 6 heteroatoms. The topological polar surface area (TPSA) is 0 Å². The molecule has 0 aromatic heterocycles. The minimum atomic E-state index is 0. The summed E-state index contributed by atoms with van der Waals surface area (Å²) in [6.07, 6.45) is 0. The van der Waals surface area contributed by atoms with Crippen LogP contribution in [0.2, 0.25) is 0 Å². The van der Waals surface area contributed by atoms with Crippen LogP contribution in [0.4, 0.5) is 0 Å². The molecule has 3 aromatic carbocycles. The first kappa shape index (κ1) is 56.4. The molecule has 0 N–H and O–H groups in total. The van der Waals surface area contributed by atoms with Crippen LogP contribution in [-0.2, 0) is 65.2 Å². The van der Waals surface area contributed by atoms with Crippen molar-refractivity contribution in [1.82, 2.24) is 0 Å². The van der Waals surface area contributed by atoms with Gasteiger partial charge in [-0.2, -0.15) is 85.0 Å². The Morgan fingerprint density at radius 1 is 0.333 bits per heavy atom. The van der Waals surface area contributed by atoms with Gasteiger partial charge >= 0.3 is 65.2 Å². The molecule has 0 heterocycles. The van der Waals surface area contributed by atoms with Crippen molar-refractivity contribution in [2.45, 2.75) is 160 Å². The molecule has 0 aliphatic heterocycles. The van der Waals surface area contributed by atoms with Crippen molar-refractivity contribution in [3.05, 3.63) is 85.0 Å².